The van der Waals surface area contributed by atoms with E-state index in [-0.39, 0.29) is 0 Å². The zero-order valence-electron chi connectivity index (χ0n) is 14.1. The molecule has 2 nitrogen and oxygen atoms in total. The van der Waals surface area contributed by atoms with Crippen LogP contribution < -0.4 is 11.1 Å². The molecule has 1 rings (SSSR count). The van der Waals surface area contributed by atoms with Gasteiger partial charge in [0.05, 0.1) is 0 Å². The van der Waals surface area contributed by atoms with Gasteiger partial charge in [0.2, 0.25) is 0 Å². The van der Waals surface area contributed by atoms with Crippen molar-refractivity contribution >= 4 is 5.57 Å². The Balaban J connectivity index is 2.71. The Morgan fingerprint density at radius 3 is 2.50 bits per heavy atom. The molecule has 1 aromatic rings. The molecular formula is C20H30N2. The molecule has 0 saturated carbocycles. The summed E-state index contributed by atoms with van der Waals surface area (Å²) in [6.07, 6.45) is 9.63. The van der Waals surface area contributed by atoms with Gasteiger partial charge in [-0.1, -0.05) is 56.3 Å². The van der Waals surface area contributed by atoms with E-state index in [1.54, 1.807) is 0 Å². The SMILES string of the molecule is C=C(N/C=C(\CCC)c1ccccc1)/C(=C\C)CCCCN. The maximum atomic E-state index is 5.56. The van der Waals surface area contributed by atoms with Crippen molar-refractivity contribution in [1.29, 1.82) is 0 Å². The average molecular weight is 298 g/mol. The van der Waals surface area contributed by atoms with Crippen LogP contribution in [-0.4, -0.2) is 6.54 Å². The molecule has 0 bridgehead atoms. The first-order valence-electron chi connectivity index (χ1n) is 8.28. The molecular weight excluding hydrogens is 268 g/mol. The molecule has 22 heavy (non-hydrogen) atoms. The molecule has 0 aromatic heterocycles. The zero-order chi connectivity index (χ0) is 16.2. The summed E-state index contributed by atoms with van der Waals surface area (Å²) in [5.41, 5.74) is 10.4. The first kappa shape index (κ1) is 18.2. The summed E-state index contributed by atoms with van der Waals surface area (Å²) in [5.74, 6) is 0. The van der Waals surface area contributed by atoms with Crippen LogP contribution >= 0.6 is 0 Å². The summed E-state index contributed by atoms with van der Waals surface area (Å²) in [5, 5.41) is 3.39. The van der Waals surface area contributed by atoms with Crippen LogP contribution in [0.25, 0.3) is 5.57 Å². The highest BCUT2D eigenvalue weighted by Crippen LogP contribution is 2.20. The van der Waals surface area contributed by atoms with Crippen LogP contribution in [0.15, 0.2) is 60.5 Å². The van der Waals surface area contributed by atoms with Gasteiger partial charge < -0.3 is 11.1 Å². The fourth-order valence-electron chi connectivity index (χ4n) is 2.42. The van der Waals surface area contributed by atoms with Crippen molar-refractivity contribution in [2.24, 2.45) is 5.73 Å². The summed E-state index contributed by atoms with van der Waals surface area (Å²) in [6.45, 7) is 9.20. The molecule has 3 N–H and O–H groups in total. The molecule has 0 aliphatic rings. The largest absolute Gasteiger partial charge is 0.362 e. The molecule has 1 aromatic carbocycles. The van der Waals surface area contributed by atoms with Gasteiger partial charge in [0.15, 0.2) is 0 Å². The van der Waals surface area contributed by atoms with Crippen molar-refractivity contribution in [3.8, 4) is 0 Å². The van der Waals surface area contributed by atoms with Crippen LogP contribution in [0, 0.1) is 0 Å². The molecule has 0 aliphatic carbocycles. The third kappa shape index (κ3) is 6.31. The number of nitrogens with one attached hydrogen (secondary N) is 1. The normalized spacial score (nSPS) is 12.3. The van der Waals surface area contributed by atoms with E-state index in [0.717, 1.165) is 44.3 Å². The van der Waals surface area contributed by atoms with Gasteiger partial charge >= 0.3 is 0 Å². The monoisotopic (exact) mass is 298 g/mol. The number of hydrogen-bond acceptors (Lipinski definition) is 2. The molecule has 0 fully saturated rings. The molecule has 0 atom stereocenters. The lowest BCUT2D eigenvalue weighted by atomic mass is 10.0. The van der Waals surface area contributed by atoms with E-state index < -0.39 is 0 Å². The Morgan fingerprint density at radius 2 is 1.91 bits per heavy atom. The smallest absolute Gasteiger partial charge is 0.0336 e. The number of allylic oxidation sites excluding steroid dienone is 3. The predicted octanol–water partition coefficient (Wildman–Crippen LogP) is 5.01. The van der Waals surface area contributed by atoms with E-state index in [9.17, 15) is 0 Å². The summed E-state index contributed by atoms with van der Waals surface area (Å²) in [4.78, 5) is 0. The maximum Gasteiger partial charge on any atom is 0.0336 e. The first-order valence-corrected chi connectivity index (χ1v) is 8.28. The third-order valence-corrected chi connectivity index (χ3v) is 3.72. The van der Waals surface area contributed by atoms with Crippen LogP contribution in [0.4, 0.5) is 0 Å². The van der Waals surface area contributed by atoms with E-state index >= 15 is 0 Å². The average Bonchev–Trinajstić information content (AvgIpc) is 2.56. The van der Waals surface area contributed by atoms with Gasteiger partial charge in [0.1, 0.15) is 0 Å². The van der Waals surface area contributed by atoms with Gasteiger partial charge in [-0.05, 0) is 55.9 Å². The zero-order valence-corrected chi connectivity index (χ0v) is 14.1. The lowest BCUT2D eigenvalue weighted by Gasteiger charge is -2.13. The molecule has 0 spiro atoms. The highest BCUT2D eigenvalue weighted by atomic mass is 14.8. The van der Waals surface area contributed by atoms with Gasteiger partial charge in [0, 0.05) is 11.9 Å². The van der Waals surface area contributed by atoms with E-state index in [2.05, 4.69) is 68.4 Å². The molecule has 120 valence electrons. The van der Waals surface area contributed by atoms with Crippen LogP contribution in [-0.2, 0) is 0 Å². The van der Waals surface area contributed by atoms with E-state index in [0.29, 0.717) is 0 Å². The van der Waals surface area contributed by atoms with Crippen LogP contribution in [0.1, 0.15) is 51.5 Å². The molecule has 0 heterocycles. The van der Waals surface area contributed by atoms with Gasteiger partial charge in [0.25, 0.3) is 0 Å². The lowest BCUT2D eigenvalue weighted by molar-refractivity contribution is 0.737. The van der Waals surface area contributed by atoms with Crippen molar-refractivity contribution in [2.45, 2.75) is 46.0 Å². The Labute approximate surface area is 135 Å². The predicted molar refractivity (Wildman–Crippen MR) is 98.3 cm³/mol. The van der Waals surface area contributed by atoms with Crippen molar-refractivity contribution in [1.82, 2.24) is 5.32 Å². The van der Waals surface area contributed by atoms with Crippen LogP contribution in [0.5, 0.6) is 0 Å². The minimum atomic E-state index is 0.755. The number of hydrogen-bond donors (Lipinski definition) is 2. The van der Waals surface area contributed by atoms with E-state index in [1.807, 2.05) is 0 Å². The summed E-state index contributed by atoms with van der Waals surface area (Å²) in [7, 11) is 0. The molecule has 0 saturated heterocycles. The Morgan fingerprint density at radius 1 is 1.18 bits per heavy atom. The topological polar surface area (TPSA) is 38.0 Å². The minimum absolute atomic E-state index is 0.755. The second-order valence-corrected chi connectivity index (χ2v) is 5.47. The quantitative estimate of drug-likeness (QED) is 0.471. The number of unbranched alkanes of at least 4 members (excludes halogenated alkanes) is 1. The van der Waals surface area contributed by atoms with Gasteiger partial charge in [-0.25, -0.2) is 0 Å². The Bertz CT molecular complexity index is 498. The maximum absolute atomic E-state index is 5.56. The minimum Gasteiger partial charge on any atom is -0.362 e. The Hall–Kier alpha value is -1.80. The first-order chi connectivity index (χ1) is 10.7. The summed E-state index contributed by atoms with van der Waals surface area (Å²) >= 11 is 0. The molecule has 0 amide bonds. The standard InChI is InChI=1S/C20H30N2/c1-4-11-20(19-13-7-6-8-14-19)16-22-17(3)18(5-2)12-9-10-15-21/h5-8,13-14,16,22H,3-4,9-12,15,21H2,1-2H3/b18-5-,20-16+. The highest BCUT2D eigenvalue weighted by Gasteiger charge is 2.03. The Kier molecular flexibility index (Phi) is 9.01. The van der Waals surface area contributed by atoms with Crippen LogP contribution in [0.3, 0.4) is 0 Å². The summed E-state index contributed by atoms with van der Waals surface area (Å²) < 4.78 is 0. The van der Waals surface area contributed by atoms with Crippen molar-refractivity contribution in [2.75, 3.05) is 6.54 Å². The van der Waals surface area contributed by atoms with Crippen molar-refractivity contribution in [3.63, 3.8) is 0 Å². The van der Waals surface area contributed by atoms with Crippen molar-refractivity contribution < 1.29 is 0 Å². The fourth-order valence-corrected chi connectivity index (χ4v) is 2.42. The number of rotatable bonds is 10. The summed E-state index contributed by atoms with van der Waals surface area (Å²) in [6, 6.07) is 10.5. The van der Waals surface area contributed by atoms with Crippen molar-refractivity contribution in [3.05, 3.63) is 66.0 Å². The van der Waals surface area contributed by atoms with Gasteiger partial charge in [-0.3, -0.25) is 0 Å². The lowest BCUT2D eigenvalue weighted by Crippen LogP contribution is -2.08. The highest BCUT2D eigenvalue weighted by molar-refractivity contribution is 5.65. The van der Waals surface area contributed by atoms with Gasteiger partial charge in [-0.2, -0.15) is 0 Å². The third-order valence-electron chi connectivity index (χ3n) is 3.72. The van der Waals surface area contributed by atoms with E-state index in [4.69, 9.17) is 5.73 Å². The molecule has 0 unspecified atom stereocenters. The van der Waals surface area contributed by atoms with E-state index in [1.165, 1.54) is 16.7 Å². The molecule has 2 heteroatoms. The fraction of sp³-hybridized carbons (Fsp3) is 0.400. The number of benzene rings is 1. The van der Waals surface area contributed by atoms with Crippen LogP contribution in [0.2, 0.25) is 0 Å². The van der Waals surface area contributed by atoms with Gasteiger partial charge in [-0.15, -0.1) is 0 Å². The second-order valence-electron chi connectivity index (χ2n) is 5.47. The molecule has 0 radical (unpaired) electrons. The number of nitrogens with two attached hydrogens (primary N) is 1. The molecule has 0 aliphatic heterocycles. The second kappa shape index (κ2) is 10.9.